The van der Waals surface area contributed by atoms with Crippen molar-refractivity contribution in [3.63, 3.8) is 0 Å². The van der Waals surface area contributed by atoms with Crippen molar-refractivity contribution in [1.29, 1.82) is 5.26 Å². The van der Waals surface area contributed by atoms with E-state index in [1.165, 1.54) is 18.2 Å². The van der Waals surface area contributed by atoms with E-state index >= 15 is 0 Å². The molecule has 0 heterocycles. The highest BCUT2D eigenvalue weighted by Crippen LogP contribution is 2.24. The molecule has 1 atom stereocenters. The smallest absolute Gasteiger partial charge is 0.181 e. The molecule has 0 aliphatic heterocycles. The number of alkyl halides is 1. The monoisotopic (exact) mass is 291 g/mol. The molecule has 1 rings (SSSR count). The first-order valence-electron chi connectivity index (χ1n) is 4.93. The maximum Gasteiger partial charge on any atom is 0.181 e. The lowest BCUT2D eigenvalue weighted by Crippen LogP contribution is -2.18. The second-order valence-corrected chi connectivity index (χ2v) is 6.74. The molecule has 0 N–H and O–H groups in total. The lowest BCUT2D eigenvalue weighted by Gasteiger charge is -2.11. The van der Waals surface area contributed by atoms with Gasteiger partial charge in [-0.3, -0.25) is 0 Å². The van der Waals surface area contributed by atoms with Gasteiger partial charge in [0.05, 0.1) is 20.7 Å². The Morgan fingerprint density at radius 2 is 2.12 bits per heavy atom. The van der Waals surface area contributed by atoms with Gasteiger partial charge < -0.3 is 0 Å². The molecule has 1 aromatic carbocycles. The Bertz CT molecular complexity index is 549. The SMILES string of the molecule is CC(CCCl)S(=O)(=O)c1ccc(C#N)c(Cl)c1. The highest BCUT2D eigenvalue weighted by Gasteiger charge is 2.23. The summed E-state index contributed by atoms with van der Waals surface area (Å²) < 4.78 is 24.1. The van der Waals surface area contributed by atoms with Crippen molar-refractivity contribution in [3.05, 3.63) is 28.8 Å². The number of hydrogen-bond acceptors (Lipinski definition) is 3. The van der Waals surface area contributed by atoms with Crippen molar-refractivity contribution in [2.75, 3.05) is 5.88 Å². The zero-order valence-electron chi connectivity index (χ0n) is 9.15. The number of halogens is 2. The van der Waals surface area contributed by atoms with Gasteiger partial charge in [0.25, 0.3) is 0 Å². The first-order chi connectivity index (χ1) is 7.93. The summed E-state index contributed by atoms with van der Waals surface area (Å²) in [7, 11) is -3.43. The topological polar surface area (TPSA) is 57.9 Å². The predicted molar refractivity (Wildman–Crippen MR) is 68.2 cm³/mol. The molecule has 92 valence electrons. The third-order valence-electron chi connectivity index (χ3n) is 2.43. The lowest BCUT2D eigenvalue weighted by atomic mass is 10.2. The Labute approximate surface area is 111 Å². The molecule has 0 fully saturated rings. The number of hydrogen-bond donors (Lipinski definition) is 0. The van der Waals surface area contributed by atoms with Gasteiger partial charge in [-0.2, -0.15) is 5.26 Å². The van der Waals surface area contributed by atoms with Crippen molar-refractivity contribution in [2.45, 2.75) is 23.5 Å². The van der Waals surface area contributed by atoms with Crippen LogP contribution in [0, 0.1) is 11.3 Å². The Morgan fingerprint density at radius 3 is 2.59 bits per heavy atom. The van der Waals surface area contributed by atoms with Gasteiger partial charge in [-0.1, -0.05) is 11.6 Å². The summed E-state index contributed by atoms with van der Waals surface area (Å²) in [6.07, 6.45) is 0.376. The van der Waals surface area contributed by atoms with Crippen LogP contribution in [0.15, 0.2) is 23.1 Å². The van der Waals surface area contributed by atoms with E-state index in [0.717, 1.165) is 0 Å². The third-order valence-corrected chi connectivity index (χ3v) is 5.17. The van der Waals surface area contributed by atoms with E-state index in [4.69, 9.17) is 28.5 Å². The first kappa shape index (κ1) is 14.3. The maximum atomic E-state index is 12.1. The Kier molecular flexibility index (Phi) is 4.81. The minimum absolute atomic E-state index is 0.124. The van der Waals surface area contributed by atoms with E-state index in [2.05, 4.69) is 0 Å². The Hall–Kier alpha value is -0.760. The summed E-state index contributed by atoms with van der Waals surface area (Å²) in [6, 6.07) is 5.98. The predicted octanol–water partition coefficient (Wildman–Crippen LogP) is 3.00. The number of sulfone groups is 1. The summed E-state index contributed by atoms with van der Waals surface area (Å²) in [6.45, 7) is 1.60. The van der Waals surface area contributed by atoms with Crippen LogP contribution < -0.4 is 0 Å². The molecular weight excluding hydrogens is 281 g/mol. The molecule has 0 spiro atoms. The minimum Gasteiger partial charge on any atom is -0.223 e. The summed E-state index contributed by atoms with van der Waals surface area (Å²) in [4.78, 5) is 0.124. The molecule has 0 aliphatic rings. The summed E-state index contributed by atoms with van der Waals surface area (Å²) in [5, 5.41) is 8.28. The molecular formula is C11H11Cl2NO2S. The molecule has 0 radical (unpaired) electrons. The van der Waals surface area contributed by atoms with Gasteiger partial charge in [0, 0.05) is 5.88 Å². The number of nitrogens with zero attached hydrogens (tertiary/aromatic N) is 1. The van der Waals surface area contributed by atoms with E-state index in [9.17, 15) is 8.42 Å². The quantitative estimate of drug-likeness (QED) is 0.801. The molecule has 0 amide bonds. The van der Waals surface area contributed by atoms with Crippen molar-refractivity contribution in [1.82, 2.24) is 0 Å². The number of nitriles is 1. The highest BCUT2D eigenvalue weighted by molar-refractivity contribution is 7.92. The van der Waals surface area contributed by atoms with Crippen molar-refractivity contribution >= 4 is 33.0 Å². The van der Waals surface area contributed by atoms with Crippen LogP contribution >= 0.6 is 23.2 Å². The Balaban J connectivity index is 3.18. The minimum atomic E-state index is -3.43. The first-order valence-corrected chi connectivity index (χ1v) is 7.39. The van der Waals surface area contributed by atoms with Crippen molar-refractivity contribution in [3.8, 4) is 6.07 Å². The fourth-order valence-electron chi connectivity index (χ4n) is 1.30. The van der Waals surface area contributed by atoms with Crippen LogP contribution in [0.5, 0.6) is 0 Å². The third kappa shape index (κ3) is 3.12. The largest absolute Gasteiger partial charge is 0.223 e. The van der Waals surface area contributed by atoms with Gasteiger partial charge in [0.15, 0.2) is 9.84 Å². The van der Waals surface area contributed by atoms with Crippen LogP contribution in [0.1, 0.15) is 18.9 Å². The van der Waals surface area contributed by atoms with Crippen LogP contribution in [-0.4, -0.2) is 19.5 Å². The van der Waals surface area contributed by atoms with E-state index in [1.54, 1.807) is 6.92 Å². The fourth-order valence-corrected chi connectivity index (χ4v) is 3.48. The molecule has 0 bridgehead atoms. The van der Waals surface area contributed by atoms with Gasteiger partial charge in [0.2, 0.25) is 0 Å². The van der Waals surface area contributed by atoms with Gasteiger partial charge in [0.1, 0.15) is 6.07 Å². The molecule has 0 saturated carbocycles. The van der Waals surface area contributed by atoms with Crippen LogP contribution in [0.3, 0.4) is 0 Å². The standard InChI is InChI=1S/C11H11Cl2NO2S/c1-8(4-5-12)17(15,16)10-3-2-9(7-14)11(13)6-10/h2-3,6,8H,4-5H2,1H3. The second-order valence-electron chi connectivity index (χ2n) is 3.59. The van der Waals surface area contributed by atoms with Gasteiger partial charge in [-0.05, 0) is 31.5 Å². The van der Waals surface area contributed by atoms with Crippen LogP contribution in [0.2, 0.25) is 5.02 Å². The van der Waals surface area contributed by atoms with Gasteiger partial charge >= 0.3 is 0 Å². The normalized spacial score (nSPS) is 13.1. The second kappa shape index (κ2) is 5.72. The molecule has 0 aromatic heterocycles. The van der Waals surface area contributed by atoms with E-state index in [-0.39, 0.29) is 21.4 Å². The highest BCUT2D eigenvalue weighted by atomic mass is 35.5. The van der Waals surface area contributed by atoms with Crippen molar-refractivity contribution < 1.29 is 8.42 Å². The van der Waals surface area contributed by atoms with Crippen LogP contribution in [0.25, 0.3) is 0 Å². The molecule has 1 aromatic rings. The molecule has 3 nitrogen and oxygen atoms in total. The van der Waals surface area contributed by atoms with Gasteiger partial charge in [-0.25, -0.2) is 8.42 Å². The summed E-state index contributed by atoms with van der Waals surface area (Å²) >= 11 is 11.3. The Morgan fingerprint density at radius 1 is 1.47 bits per heavy atom. The number of rotatable bonds is 4. The summed E-state index contributed by atoms with van der Waals surface area (Å²) in [5.41, 5.74) is 0.260. The summed E-state index contributed by atoms with van der Waals surface area (Å²) in [5.74, 6) is 0.282. The molecule has 1 unspecified atom stereocenters. The zero-order chi connectivity index (χ0) is 13.1. The molecule has 0 aliphatic carbocycles. The zero-order valence-corrected chi connectivity index (χ0v) is 11.5. The van der Waals surface area contributed by atoms with E-state index < -0.39 is 15.1 Å². The molecule has 17 heavy (non-hydrogen) atoms. The molecule has 6 heteroatoms. The van der Waals surface area contributed by atoms with E-state index in [0.29, 0.717) is 6.42 Å². The molecule has 0 saturated heterocycles. The van der Waals surface area contributed by atoms with Gasteiger partial charge in [-0.15, -0.1) is 11.6 Å². The maximum absolute atomic E-state index is 12.1. The van der Waals surface area contributed by atoms with Crippen LogP contribution in [0.4, 0.5) is 0 Å². The van der Waals surface area contributed by atoms with Crippen LogP contribution in [-0.2, 0) is 9.84 Å². The van der Waals surface area contributed by atoms with Crippen molar-refractivity contribution in [2.24, 2.45) is 0 Å². The average Bonchev–Trinajstić information content (AvgIpc) is 2.29. The van der Waals surface area contributed by atoms with E-state index in [1.807, 2.05) is 6.07 Å². The fraction of sp³-hybridized carbons (Fsp3) is 0.364. The average molecular weight is 292 g/mol. The number of benzene rings is 1. The lowest BCUT2D eigenvalue weighted by molar-refractivity contribution is 0.581.